The monoisotopic (exact) mass is 849 g/mol. The van der Waals surface area contributed by atoms with Crippen molar-refractivity contribution >= 4 is 0 Å². The smallest absolute Gasteiger partial charge is 0.331 e. The minimum absolute atomic E-state index is 0. The molecular weight excluding hydrogens is 764 g/mol. The molecule has 1 aromatic rings. The Kier molecular flexibility index (Phi) is 34.0. The quantitative estimate of drug-likeness (QED) is 0.0750. The fourth-order valence-corrected chi connectivity index (χ4v) is 8.09. The number of halogens is 2. The summed E-state index contributed by atoms with van der Waals surface area (Å²) in [5.74, 6) is 0. The summed E-state index contributed by atoms with van der Waals surface area (Å²) in [7, 11) is 0. The first-order valence-corrected chi connectivity index (χ1v) is 21.8. The van der Waals surface area contributed by atoms with Crippen molar-refractivity contribution in [3.63, 3.8) is 0 Å². The second kappa shape index (κ2) is 32.9. The molecule has 0 saturated carbocycles. The molecular formula is C43H86Br2N4O2. The number of rotatable bonds is 34. The topological polar surface area (TPSA) is 44.0 Å². The largest absolute Gasteiger partial charge is 1.00 e. The van der Waals surface area contributed by atoms with E-state index in [1.54, 1.807) is 6.07 Å². The van der Waals surface area contributed by atoms with Gasteiger partial charge in [0.25, 0.3) is 5.56 Å². The van der Waals surface area contributed by atoms with Gasteiger partial charge in [0.05, 0.1) is 52.4 Å². The van der Waals surface area contributed by atoms with Crippen LogP contribution in [0.2, 0.25) is 0 Å². The Labute approximate surface area is 338 Å². The van der Waals surface area contributed by atoms with Gasteiger partial charge in [0.1, 0.15) is 0 Å². The van der Waals surface area contributed by atoms with Gasteiger partial charge in [-0.15, -0.1) is 0 Å². The predicted molar refractivity (Wildman–Crippen MR) is 215 cm³/mol. The molecule has 0 aliphatic carbocycles. The van der Waals surface area contributed by atoms with E-state index in [1.807, 2.05) is 11.5 Å². The van der Waals surface area contributed by atoms with E-state index in [-0.39, 0.29) is 45.2 Å². The Hall–Kier alpha value is -0.440. The maximum atomic E-state index is 13.5. The van der Waals surface area contributed by atoms with Crippen molar-refractivity contribution in [1.82, 2.24) is 9.13 Å². The molecule has 0 unspecified atom stereocenters. The zero-order valence-corrected chi connectivity index (χ0v) is 38.2. The Morgan fingerprint density at radius 2 is 0.725 bits per heavy atom. The summed E-state index contributed by atoms with van der Waals surface area (Å²) in [5.41, 5.74) is 0.575. The molecule has 51 heavy (non-hydrogen) atoms. The zero-order valence-electron chi connectivity index (χ0n) is 35.1. The molecule has 1 rings (SSSR count). The zero-order chi connectivity index (χ0) is 36.2. The van der Waals surface area contributed by atoms with E-state index in [2.05, 4.69) is 41.5 Å². The van der Waals surface area contributed by atoms with Crippen molar-refractivity contribution in [1.29, 1.82) is 0 Å². The van der Waals surface area contributed by atoms with Crippen molar-refractivity contribution in [3.8, 4) is 0 Å². The first kappa shape index (κ1) is 52.7. The van der Waals surface area contributed by atoms with Crippen LogP contribution < -0.4 is 45.2 Å². The van der Waals surface area contributed by atoms with Gasteiger partial charge >= 0.3 is 5.69 Å². The molecule has 304 valence electrons. The average Bonchev–Trinajstić information content (AvgIpc) is 3.11. The van der Waals surface area contributed by atoms with Crippen LogP contribution in [-0.2, 0) is 13.1 Å². The molecule has 1 aromatic heterocycles. The van der Waals surface area contributed by atoms with E-state index in [1.165, 1.54) is 181 Å². The summed E-state index contributed by atoms with van der Waals surface area (Å²) in [6.45, 7) is 27.1. The van der Waals surface area contributed by atoms with E-state index in [9.17, 15) is 9.59 Å². The Morgan fingerprint density at radius 3 is 1.06 bits per heavy atom. The first-order valence-electron chi connectivity index (χ1n) is 21.8. The number of nitrogens with zero attached hydrogens (tertiary/aromatic N) is 4. The predicted octanol–water partition coefficient (Wildman–Crippen LogP) is 4.66. The Bertz CT molecular complexity index is 1050. The lowest BCUT2D eigenvalue weighted by Crippen LogP contribution is -3.00. The molecule has 0 aliphatic rings. The van der Waals surface area contributed by atoms with Crippen molar-refractivity contribution < 1.29 is 42.9 Å². The van der Waals surface area contributed by atoms with Crippen molar-refractivity contribution in [2.45, 2.75) is 203 Å². The normalized spacial score (nSPS) is 11.8. The van der Waals surface area contributed by atoms with Gasteiger partial charge in [-0.25, -0.2) is 4.79 Å². The van der Waals surface area contributed by atoms with Crippen LogP contribution in [0.5, 0.6) is 0 Å². The van der Waals surface area contributed by atoms with Crippen LogP contribution in [0.1, 0.15) is 188 Å². The molecule has 0 N–H and O–H groups in total. The van der Waals surface area contributed by atoms with E-state index >= 15 is 0 Å². The van der Waals surface area contributed by atoms with Crippen LogP contribution in [0.15, 0.2) is 15.7 Å². The molecule has 0 aromatic carbocycles. The maximum absolute atomic E-state index is 13.5. The van der Waals surface area contributed by atoms with Crippen molar-refractivity contribution in [2.24, 2.45) is 0 Å². The summed E-state index contributed by atoms with van der Waals surface area (Å²) in [5, 5.41) is 0. The standard InChI is InChI=1S/C43H86N4O2.2BrH/c1-8-14-16-18-20-22-24-30-36-46(10-3,11-4)38-32-26-28-34-44-41(7)40-42(48)45(43(44)49)35-29-27-33-39-47(12-5,13-6)37-31-25-23-21-19-17-15-9-2;;/h40H,8-39H2,1-7H3;2*1H/q+2;;/p-2. The third-order valence-corrected chi connectivity index (χ3v) is 12.2. The van der Waals surface area contributed by atoms with Gasteiger partial charge in [-0.1, -0.05) is 90.9 Å². The summed E-state index contributed by atoms with van der Waals surface area (Å²) < 4.78 is 5.82. The van der Waals surface area contributed by atoms with E-state index in [0.29, 0.717) is 13.1 Å². The number of quaternary nitrogens is 2. The minimum Gasteiger partial charge on any atom is -1.00 e. The highest BCUT2D eigenvalue weighted by Crippen LogP contribution is 2.17. The number of unbranched alkanes of at least 4 members (excludes halogenated alkanes) is 18. The van der Waals surface area contributed by atoms with Crippen LogP contribution in [0, 0.1) is 6.92 Å². The second-order valence-electron chi connectivity index (χ2n) is 15.6. The van der Waals surface area contributed by atoms with Crippen LogP contribution in [0.25, 0.3) is 0 Å². The summed E-state index contributed by atoms with van der Waals surface area (Å²) in [6.07, 6.45) is 28.6. The molecule has 0 bridgehead atoms. The molecule has 0 fully saturated rings. The third kappa shape index (κ3) is 21.9. The van der Waals surface area contributed by atoms with Gasteiger partial charge in [0, 0.05) is 24.8 Å². The van der Waals surface area contributed by atoms with Crippen LogP contribution in [0.4, 0.5) is 0 Å². The summed E-state index contributed by atoms with van der Waals surface area (Å²) in [4.78, 5) is 26.3. The molecule has 0 aliphatic heterocycles. The van der Waals surface area contributed by atoms with E-state index < -0.39 is 0 Å². The highest BCUT2D eigenvalue weighted by atomic mass is 79.9. The highest BCUT2D eigenvalue weighted by molar-refractivity contribution is 5.00. The van der Waals surface area contributed by atoms with Crippen LogP contribution in [0.3, 0.4) is 0 Å². The van der Waals surface area contributed by atoms with Gasteiger partial charge in [-0.2, -0.15) is 0 Å². The Balaban J connectivity index is 0. The summed E-state index contributed by atoms with van der Waals surface area (Å²) >= 11 is 0. The average molecular weight is 851 g/mol. The van der Waals surface area contributed by atoms with Gasteiger partial charge in [0.15, 0.2) is 0 Å². The SMILES string of the molecule is CCCCCCCCCC[N+](CC)(CC)CCCCCn1c(C)cc(=O)n(CCCCC[N+](CC)(CC)CCCCCCCCCC)c1=O.[Br-].[Br-]. The van der Waals surface area contributed by atoms with Crippen LogP contribution >= 0.6 is 0 Å². The van der Waals surface area contributed by atoms with Crippen molar-refractivity contribution in [3.05, 3.63) is 32.6 Å². The molecule has 0 spiro atoms. The van der Waals surface area contributed by atoms with Gasteiger partial charge in [-0.3, -0.25) is 13.9 Å². The molecule has 6 nitrogen and oxygen atoms in total. The minimum atomic E-state index is -0.130. The van der Waals surface area contributed by atoms with Crippen LogP contribution in [-0.4, -0.2) is 70.5 Å². The third-order valence-electron chi connectivity index (χ3n) is 12.2. The number of aryl methyl sites for hydroxylation is 1. The van der Waals surface area contributed by atoms with Gasteiger partial charge in [0.2, 0.25) is 0 Å². The number of hydrogen-bond donors (Lipinski definition) is 0. The molecule has 0 amide bonds. The fraction of sp³-hybridized carbons (Fsp3) is 0.907. The molecule has 0 saturated heterocycles. The highest BCUT2D eigenvalue weighted by Gasteiger charge is 2.23. The summed E-state index contributed by atoms with van der Waals surface area (Å²) in [6, 6.07) is 1.68. The van der Waals surface area contributed by atoms with Gasteiger partial charge in [-0.05, 0) is 98.8 Å². The number of aromatic nitrogens is 2. The molecule has 8 heteroatoms. The molecule has 1 heterocycles. The molecule has 0 atom stereocenters. The lowest BCUT2D eigenvalue weighted by Gasteiger charge is -2.37. The maximum Gasteiger partial charge on any atom is 0.331 e. The lowest BCUT2D eigenvalue weighted by molar-refractivity contribution is -0.925. The van der Waals surface area contributed by atoms with E-state index in [0.717, 1.165) is 31.4 Å². The van der Waals surface area contributed by atoms with E-state index in [4.69, 9.17) is 0 Å². The van der Waals surface area contributed by atoms with Gasteiger partial charge < -0.3 is 42.9 Å². The molecule has 0 radical (unpaired) electrons. The second-order valence-corrected chi connectivity index (χ2v) is 15.6. The first-order chi connectivity index (χ1) is 23.8. The Morgan fingerprint density at radius 1 is 0.431 bits per heavy atom. The number of hydrogen-bond acceptors (Lipinski definition) is 2. The van der Waals surface area contributed by atoms with Crippen molar-refractivity contribution in [2.75, 3.05) is 52.4 Å². The fourth-order valence-electron chi connectivity index (χ4n) is 8.09. The lowest BCUT2D eigenvalue weighted by atomic mass is 10.1.